The van der Waals surface area contributed by atoms with Gasteiger partial charge in [0.15, 0.2) is 9.84 Å². The first-order valence-corrected chi connectivity index (χ1v) is 16.6. The minimum absolute atomic E-state index is 0.0340. The molecule has 0 aromatic heterocycles. The van der Waals surface area contributed by atoms with Gasteiger partial charge in [-0.1, -0.05) is 50.6 Å². The maximum absolute atomic E-state index is 14.0. The Labute approximate surface area is 231 Å². The van der Waals surface area contributed by atoms with E-state index in [0.717, 1.165) is 38.5 Å². The van der Waals surface area contributed by atoms with Crippen LogP contribution in [0.25, 0.3) is 0 Å². The average Bonchev–Trinajstić information content (AvgIpc) is 3.19. The van der Waals surface area contributed by atoms with Gasteiger partial charge in [0.1, 0.15) is 0 Å². The van der Waals surface area contributed by atoms with Gasteiger partial charge in [-0.15, -0.1) is 0 Å². The molecule has 5 rings (SSSR count). The first kappa shape index (κ1) is 28.4. The third-order valence-electron chi connectivity index (χ3n) is 11.8. The summed E-state index contributed by atoms with van der Waals surface area (Å²) >= 11 is 0. The molecule has 1 aromatic carbocycles. The van der Waals surface area contributed by atoms with Crippen molar-refractivity contribution >= 4 is 9.84 Å². The Morgan fingerprint density at radius 3 is 2.34 bits per heavy atom. The number of aliphatic hydroxyl groups is 2. The van der Waals surface area contributed by atoms with Crippen LogP contribution in [0.3, 0.4) is 0 Å². The van der Waals surface area contributed by atoms with Crippen LogP contribution in [-0.4, -0.2) is 35.1 Å². The minimum atomic E-state index is -3.59. The van der Waals surface area contributed by atoms with E-state index in [2.05, 4.69) is 26.8 Å². The van der Waals surface area contributed by atoms with E-state index in [0.29, 0.717) is 28.6 Å². The number of hydrogen-bond acceptors (Lipinski definition) is 4. The lowest BCUT2D eigenvalue weighted by Gasteiger charge is -2.59. The summed E-state index contributed by atoms with van der Waals surface area (Å²) in [4.78, 5) is 0.371. The fourth-order valence-electron chi connectivity index (χ4n) is 9.82. The molecule has 3 fully saturated rings. The second-order valence-corrected chi connectivity index (χ2v) is 17.1. The second-order valence-electron chi connectivity index (χ2n) is 14.9. The number of sulfone groups is 1. The first-order chi connectivity index (χ1) is 17.6. The summed E-state index contributed by atoms with van der Waals surface area (Å²) in [5.41, 5.74) is 0.164. The van der Waals surface area contributed by atoms with Crippen molar-refractivity contribution in [2.45, 2.75) is 121 Å². The van der Waals surface area contributed by atoms with Crippen molar-refractivity contribution in [3.8, 4) is 0 Å². The summed E-state index contributed by atoms with van der Waals surface area (Å²) in [6.07, 6.45) is 11.2. The van der Waals surface area contributed by atoms with Crippen LogP contribution < -0.4 is 0 Å². The van der Waals surface area contributed by atoms with Gasteiger partial charge in [-0.3, -0.25) is 0 Å². The molecular weight excluding hydrogens is 492 g/mol. The zero-order valence-electron chi connectivity index (χ0n) is 24.4. The van der Waals surface area contributed by atoms with Crippen LogP contribution >= 0.6 is 0 Å². The van der Waals surface area contributed by atoms with Crippen LogP contribution in [0.2, 0.25) is 0 Å². The number of rotatable bonds is 6. The van der Waals surface area contributed by atoms with Crippen molar-refractivity contribution < 1.29 is 18.6 Å². The van der Waals surface area contributed by atoms with E-state index in [4.69, 9.17) is 0 Å². The molecule has 9 atom stereocenters. The normalized spacial score (nSPS) is 40.9. The van der Waals surface area contributed by atoms with Gasteiger partial charge in [0, 0.05) is 0 Å². The fourth-order valence-corrected chi connectivity index (χ4v) is 12.1. The predicted octanol–water partition coefficient (Wildman–Crippen LogP) is 6.96. The average molecular weight is 543 g/mol. The molecule has 0 aliphatic heterocycles. The lowest BCUT2D eigenvalue weighted by molar-refractivity contribution is -0.0710. The summed E-state index contributed by atoms with van der Waals surface area (Å²) in [6, 6.07) is 8.86. The van der Waals surface area contributed by atoms with Crippen LogP contribution in [0.1, 0.15) is 99.3 Å². The standard InChI is InChI=1S/C33H50O4S/c1-22(29(21-30(2,3)34)38(36,37)24-10-8-7-9-11-24)26-14-15-27-25-13-12-23-20-31(4,35)18-19-32(23,5)28(25)16-17-33(26,27)6/h7-12,22,25-29,34-35H,13-21H2,1-6H3/t22-,25-,26+,27-,28-,29?,31-,32-,33+/m0/s1. The van der Waals surface area contributed by atoms with Gasteiger partial charge in [0.2, 0.25) is 0 Å². The molecule has 4 nitrogen and oxygen atoms in total. The largest absolute Gasteiger partial charge is 0.390 e. The molecule has 212 valence electrons. The van der Waals surface area contributed by atoms with Gasteiger partial charge in [0.05, 0.1) is 21.3 Å². The van der Waals surface area contributed by atoms with E-state index in [1.54, 1.807) is 38.1 Å². The van der Waals surface area contributed by atoms with Crippen molar-refractivity contribution in [2.24, 2.45) is 40.4 Å². The summed E-state index contributed by atoms with van der Waals surface area (Å²) in [6.45, 7) is 12.6. The van der Waals surface area contributed by atoms with Gasteiger partial charge in [-0.25, -0.2) is 8.42 Å². The summed E-state index contributed by atoms with van der Waals surface area (Å²) < 4.78 is 28.0. The molecule has 2 N–H and O–H groups in total. The number of allylic oxidation sites excluding steroid dienone is 1. The van der Waals surface area contributed by atoms with Gasteiger partial charge < -0.3 is 10.2 Å². The molecule has 4 aliphatic rings. The first-order valence-electron chi connectivity index (χ1n) is 15.0. The van der Waals surface area contributed by atoms with Crippen molar-refractivity contribution in [1.29, 1.82) is 0 Å². The molecule has 0 heterocycles. The Morgan fingerprint density at radius 1 is 1.00 bits per heavy atom. The highest BCUT2D eigenvalue weighted by Gasteiger charge is 2.60. The van der Waals surface area contributed by atoms with Crippen molar-refractivity contribution in [3.63, 3.8) is 0 Å². The number of benzene rings is 1. The van der Waals surface area contributed by atoms with E-state index < -0.39 is 26.3 Å². The highest BCUT2D eigenvalue weighted by molar-refractivity contribution is 7.92. The van der Waals surface area contributed by atoms with E-state index >= 15 is 0 Å². The molecular formula is C33H50O4S. The highest BCUT2D eigenvalue weighted by Crippen LogP contribution is 2.68. The van der Waals surface area contributed by atoms with Gasteiger partial charge in [0.25, 0.3) is 0 Å². The third kappa shape index (κ3) is 4.73. The molecule has 0 radical (unpaired) electrons. The number of fused-ring (bicyclic) bond motifs is 5. The van der Waals surface area contributed by atoms with Crippen molar-refractivity contribution in [2.75, 3.05) is 0 Å². The van der Waals surface area contributed by atoms with Crippen LogP contribution in [0, 0.1) is 40.4 Å². The molecule has 1 aromatic rings. The molecule has 3 saturated carbocycles. The fraction of sp³-hybridized carbons (Fsp3) is 0.758. The van der Waals surface area contributed by atoms with Gasteiger partial charge in [-0.05, 0) is 131 Å². The SMILES string of the molecule is C[C@H](C(CC(C)(C)O)S(=O)(=O)c1ccccc1)[C@H]1CC[C@H]2[C@@H]3CC=C4C[C@@](C)(O)CC[C@]4(C)[C@H]3CC[C@]12C. The van der Waals surface area contributed by atoms with Crippen molar-refractivity contribution in [1.82, 2.24) is 0 Å². The topological polar surface area (TPSA) is 74.6 Å². The van der Waals surface area contributed by atoms with Crippen LogP contribution in [-0.2, 0) is 9.84 Å². The Bertz CT molecular complexity index is 1160. The molecule has 1 unspecified atom stereocenters. The third-order valence-corrected chi connectivity index (χ3v) is 14.2. The zero-order chi connectivity index (χ0) is 27.7. The molecule has 0 bridgehead atoms. The van der Waals surface area contributed by atoms with E-state index in [1.165, 1.54) is 18.4 Å². The Morgan fingerprint density at radius 2 is 1.68 bits per heavy atom. The number of hydrogen-bond donors (Lipinski definition) is 2. The lowest BCUT2D eigenvalue weighted by Crippen LogP contribution is -2.52. The highest BCUT2D eigenvalue weighted by atomic mass is 32.2. The minimum Gasteiger partial charge on any atom is -0.390 e. The smallest absolute Gasteiger partial charge is 0.181 e. The van der Waals surface area contributed by atoms with E-state index in [-0.39, 0.29) is 23.2 Å². The molecule has 0 spiro atoms. The molecule has 0 amide bonds. The van der Waals surface area contributed by atoms with Crippen molar-refractivity contribution in [3.05, 3.63) is 42.0 Å². The van der Waals surface area contributed by atoms with E-state index in [9.17, 15) is 18.6 Å². The van der Waals surface area contributed by atoms with Crippen LogP contribution in [0.15, 0.2) is 46.9 Å². The summed E-state index contributed by atoms with van der Waals surface area (Å²) in [5, 5.41) is 21.0. The molecule has 38 heavy (non-hydrogen) atoms. The second kappa shape index (κ2) is 9.45. The maximum atomic E-state index is 14.0. The maximum Gasteiger partial charge on any atom is 0.181 e. The summed E-state index contributed by atoms with van der Waals surface area (Å²) in [5.74, 6) is 2.19. The quantitative estimate of drug-likeness (QED) is 0.381. The Kier molecular flexibility index (Phi) is 7.05. The molecule has 4 aliphatic carbocycles. The Hall–Kier alpha value is -1.17. The van der Waals surface area contributed by atoms with Gasteiger partial charge in [-0.2, -0.15) is 0 Å². The summed E-state index contributed by atoms with van der Waals surface area (Å²) in [7, 11) is -3.59. The predicted molar refractivity (Wildman–Crippen MR) is 153 cm³/mol. The molecule has 5 heteroatoms. The monoisotopic (exact) mass is 542 g/mol. The van der Waals surface area contributed by atoms with Gasteiger partial charge >= 0.3 is 0 Å². The van der Waals surface area contributed by atoms with E-state index in [1.807, 2.05) is 13.0 Å². The zero-order valence-corrected chi connectivity index (χ0v) is 25.2. The van der Waals surface area contributed by atoms with Crippen LogP contribution in [0.4, 0.5) is 0 Å². The Balaban J connectivity index is 1.44. The molecule has 0 saturated heterocycles. The lowest BCUT2D eigenvalue weighted by atomic mass is 9.46. The van der Waals surface area contributed by atoms with Crippen LogP contribution in [0.5, 0.6) is 0 Å².